The van der Waals surface area contributed by atoms with E-state index in [4.69, 9.17) is 0 Å². The van der Waals surface area contributed by atoms with Crippen molar-refractivity contribution in [3.63, 3.8) is 0 Å². The SMILES string of the molecule is CC.CN1CCCn2nc3c(c2C1=O)CNCC3.c1cn[nH]c1. The lowest BCUT2D eigenvalue weighted by Crippen LogP contribution is -2.30. The molecule has 2 aromatic heterocycles. The Hall–Kier alpha value is -2.15. The molecule has 126 valence electrons. The van der Waals surface area contributed by atoms with Crippen molar-refractivity contribution in [3.05, 3.63) is 35.4 Å². The van der Waals surface area contributed by atoms with Crippen LogP contribution in [0.1, 0.15) is 42.0 Å². The number of aromatic amines is 1. The van der Waals surface area contributed by atoms with Crippen LogP contribution in [-0.2, 0) is 19.5 Å². The summed E-state index contributed by atoms with van der Waals surface area (Å²) < 4.78 is 1.91. The highest BCUT2D eigenvalue weighted by atomic mass is 16.2. The van der Waals surface area contributed by atoms with Crippen LogP contribution in [0, 0.1) is 0 Å². The van der Waals surface area contributed by atoms with Gasteiger partial charge in [0, 0.05) is 57.6 Å². The van der Waals surface area contributed by atoms with Crippen molar-refractivity contribution in [3.8, 4) is 0 Å². The van der Waals surface area contributed by atoms with Gasteiger partial charge in [-0.3, -0.25) is 14.6 Å². The Morgan fingerprint density at radius 2 is 2.09 bits per heavy atom. The Labute approximate surface area is 137 Å². The van der Waals surface area contributed by atoms with E-state index in [2.05, 4.69) is 20.6 Å². The van der Waals surface area contributed by atoms with Crippen LogP contribution >= 0.6 is 0 Å². The molecule has 0 atom stereocenters. The third-order valence-electron chi connectivity index (χ3n) is 3.79. The van der Waals surface area contributed by atoms with Crippen molar-refractivity contribution < 1.29 is 4.79 Å². The van der Waals surface area contributed by atoms with Crippen molar-refractivity contribution >= 4 is 5.91 Å². The standard InChI is InChI=1S/C11H16N4O.C3H4N2.C2H6/c1-14-5-2-6-15-10(11(14)16)8-7-12-4-3-9(8)13-15;1-2-4-5-3-1;1-2/h12H,2-7H2,1H3;1-3H,(H,4,5);1-2H3. The van der Waals surface area contributed by atoms with Crippen molar-refractivity contribution in [1.82, 2.24) is 30.2 Å². The van der Waals surface area contributed by atoms with E-state index in [1.165, 1.54) is 0 Å². The van der Waals surface area contributed by atoms with Gasteiger partial charge in [0.1, 0.15) is 5.69 Å². The summed E-state index contributed by atoms with van der Waals surface area (Å²) in [5.41, 5.74) is 3.03. The van der Waals surface area contributed by atoms with E-state index < -0.39 is 0 Å². The maximum Gasteiger partial charge on any atom is 0.272 e. The Bertz CT molecular complexity index is 587. The molecule has 2 aliphatic rings. The van der Waals surface area contributed by atoms with Crippen LogP contribution in [0.15, 0.2) is 18.5 Å². The first-order valence-corrected chi connectivity index (χ1v) is 8.26. The minimum absolute atomic E-state index is 0.120. The summed E-state index contributed by atoms with van der Waals surface area (Å²) in [4.78, 5) is 14.0. The maximum atomic E-state index is 12.2. The third kappa shape index (κ3) is 3.98. The van der Waals surface area contributed by atoms with Crippen LogP contribution in [0.3, 0.4) is 0 Å². The van der Waals surface area contributed by atoms with Gasteiger partial charge < -0.3 is 10.2 Å². The number of nitrogens with zero attached hydrogens (tertiary/aromatic N) is 4. The Balaban J connectivity index is 0.000000232. The number of fused-ring (bicyclic) bond motifs is 3. The minimum atomic E-state index is 0.120. The largest absolute Gasteiger partial charge is 0.340 e. The monoisotopic (exact) mass is 318 g/mol. The molecule has 1 amide bonds. The van der Waals surface area contributed by atoms with E-state index in [0.29, 0.717) is 0 Å². The summed E-state index contributed by atoms with van der Waals surface area (Å²) in [6, 6.07) is 1.83. The summed E-state index contributed by atoms with van der Waals surface area (Å²) >= 11 is 0. The van der Waals surface area contributed by atoms with E-state index in [0.717, 1.165) is 56.0 Å². The lowest BCUT2D eigenvalue weighted by molar-refractivity contribution is 0.0795. The highest BCUT2D eigenvalue weighted by Gasteiger charge is 2.28. The molecule has 0 spiro atoms. The summed E-state index contributed by atoms with van der Waals surface area (Å²) in [5.74, 6) is 0.120. The smallest absolute Gasteiger partial charge is 0.272 e. The number of aromatic nitrogens is 4. The second-order valence-corrected chi connectivity index (χ2v) is 5.27. The third-order valence-corrected chi connectivity index (χ3v) is 3.79. The van der Waals surface area contributed by atoms with Gasteiger partial charge in [-0.05, 0) is 12.5 Å². The molecule has 0 unspecified atom stereocenters. The highest BCUT2D eigenvalue weighted by Crippen LogP contribution is 2.21. The second kappa shape index (κ2) is 8.47. The van der Waals surface area contributed by atoms with E-state index >= 15 is 0 Å². The molecule has 0 bridgehead atoms. The zero-order valence-corrected chi connectivity index (χ0v) is 14.2. The number of rotatable bonds is 0. The Morgan fingerprint density at radius 3 is 2.74 bits per heavy atom. The fourth-order valence-corrected chi connectivity index (χ4v) is 2.71. The number of hydrogen-bond acceptors (Lipinski definition) is 4. The van der Waals surface area contributed by atoms with Crippen LogP contribution in [0.4, 0.5) is 0 Å². The molecule has 0 fully saturated rings. The number of nitrogens with one attached hydrogen (secondary N) is 2. The lowest BCUT2D eigenvalue weighted by Gasteiger charge is -2.16. The summed E-state index contributed by atoms with van der Waals surface area (Å²) in [6.45, 7) is 7.43. The van der Waals surface area contributed by atoms with Gasteiger partial charge in [0.15, 0.2) is 0 Å². The molecule has 0 radical (unpaired) electrons. The van der Waals surface area contributed by atoms with Gasteiger partial charge in [0.05, 0.1) is 5.69 Å². The molecule has 7 heteroatoms. The quantitative estimate of drug-likeness (QED) is 0.770. The molecule has 2 aliphatic heterocycles. The minimum Gasteiger partial charge on any atom is -0.340 e. The highest BCUT2D eigenvalue weighted by molar-refractivity contribution is 5.94. The normalized spacial score (nSPS) is 16.1. The van der Waals surface area contributed by atoms with Gasteiger partial charge >= 0.3 is 0 Å². The molecule has 4 heterocycles. The summed E-state index contributed by atoms with van der Waals surface area (Å²) in [5, 5.41) is 14.1. The first-order valence-electron chi connectivity index (χ1n) is 8.26. The van der Waals surface area contributed by atoms with E-state index in [-0.39, 0.29) is 5.91 Å². The fraction of sp³-hybridized carbons (Fsp3) is 0.562. The number of amides is 1. The van der Waals surface area contributed by atoms with Crippen LogP contribution in [0.5, 0.6) is 0 Å². The van der Waals surface area contributed by atoms with E-state index in [1.807, 2.05) is 31.6 Å². The topological polar surface area (TPSA) is 78.8 Å². The number of carbonyl (C=O) groups is 1. The van der Waals surface area contributed by atoms with Crippen molar-refractivity contribution in [2.24, 2.45) is 0 Å². The molecule has 0 saturated heterocycles. The zero-order valence-electron chi connectivity index (χ0n) is 14.2. The summed E-state index contributed by atoms with van der Waals surface area (Å²) in [6.07, 6.45) is 5.38. The number of aryl methyl sites for hydroxylation is 1. The Kier molecular flexibility index (Phi) is 6.34. The van der Waals surface area contributed by atoms with Gasteiger partial charge in [-0.2, -0.15) is 10.2 Å². The van der Waals surface area contributed by atoms with Gasteiger partial charge in [0.25, 0.3) is 5.91 Å². The fourth-order valence-electron chi connectivity index (χ4n) is 2.71. The Morgan fingerprint density at radius 1 is 1.26 bits per heavy atom. The first kappa shape index (κ1) is 17.2. The number of carbonyl (C=O) groups excluding carboxylic acids is 1. The number of hydrogen-bond donors (Lipinski definition) is 2. The zero-order chi connectivity index (χ0) is 16.7. The van der Waals surface area contributed by atoms with Gasteiger partial charge in [-0.15, -0.1) is 0 Å². The van der Waals surface area contributed by atoms with E-state index in [9.17, 15) is 4.79 Å². The predicted molar refractivity (Wildman–Crippen MR) is 89.2 cm³/mol. The predicted octanol–water partition coefficient (Wildman–Crippen LogP) is 1.44. The van der Waals surface area contributed by atoms with Crippen LogP contribution in [0.2, 0.25) is 0 Å². The summed E-state index contributed by atoms with van der Waals surface area (Å²) in [7, 11) is 1.87. The molecule has 23 heavy (non-hydrogen) atoms. The lowest BCUT2D eigenvalue weighted by atomic mass is 10.1. The molecule has 0 saturated carbocycles. The van der Waals surface area contributed by atoms with Gasteiger partial charge in [-0.1, -0.05) is 13.8 Å². The molecule has 2 aromatic rings. The van der Waals surface area contributed by atoms with Crippen molar-refractivity contribution in [1.29, 1.82) is 0 Å². The van der Waals surface area contributed by atoms with Crippen LogP contribution < -0.4 is 5.32 Å². The average Bonchev–Trinajstić information content (AvgIpc) is 3.25. The van der Waals surface area contributed by atoms with Gasteiger partial charge in [0.2, 0.25) is 0 Å². The molecule has 2 N–H and O–H groups in total. The van der Waals surface area contributed by atoms with Crippen LogP contribution in [-0.4, -0.2) is 50.9 Å². The molecular formula is C16H26N6O. The van der Waals surface area contributed by atoms with E-state index in [1.54, 1.807) is 17.3 Å². The first-order chi connectivity index (χ1) is 11.3. The average molecular weight is 318 g/mol. The molecule has 0 aromatic carbocycles. The van der Waals surface area contributed by atoms with Crippen molar-refractivity contribution in [2.75, 3.05) is 20.1 Å². The number of H-pyrrole nitrogens is 1. The van der Waals surface area contributed by atoms with Crippen molar-refractivity contribution in [2.45, 2.75) is 39.8 Å². The molecular weight excluding hydrogens is 292 g/mol. The van der Waals surface area contributed by atoms with Gasteiger partial charge in [-0.25, -0.2) is 0 Å². The molecule has 4 rings (SSSR count). The molecule has 7 nitrogen and oxygen atoms in total. The van der Waals surface area contributed by atoms with Crippen LogP contribution in [0.25, 0.3) is 0 Å². The second-order valence-electron chi connectivity index (χ2n) is 5.27. The maximum absolute atomic E-state index is 12.2. The molecule has 0 aliphatic carbocycles.